The van der Waals surface area contributed by atoms with Gasteiger partial charge in [-0.05, 0) is 62.4 Å². The van der Waals surface area contributed by atoms with Crippen molar-refractivity contribution in [3.63, 3.8) is 0 Å². The molecule has 0 aliphatic rings. The van der Waals surface area contributed by atoms with Crippen molar-refractivity contribution in [2.24, 2.45) is 0 Å². The van der Waals surface area contributed by atoms with Crippen molar-refractivity contribution >= 4 is 92.8 Å². The fourth-order valence-corrected chi connectivity index (χ4v) is 6.91. The third kappa shape index (κ3) is 4.92. The molecule has 9 heteroatoms. The van der Waals surface area contributed by atoms with Gasteiger partial charge in [-0.15, -0.1) is 0 Å². The maximum absolute atomic E-state index is 6.90. The van der Waals surface area contributed by atoms with E-state index in [1.807, 2.05) is 38.1 Å². The number of halogens is 8. The monoisotopic (exact) mass is 609 g/mol. The summed E-state index contributed by atoms with van der Waals surface area (Å²) < 4.78 is 2.06. The van der Waals surface area contributed by atoms with Crippen LogP contribution < -0.4 is 0 Å². The molecule has 0 atom stereocenters. The summed E-state index contributed by atoms with van der Waals surface area (Å²) in [5.74, 6) is -0.699. The SMILES string of the molecule is Cc1ccc(C)n1-c1cc(Cl)c(C(c2c(Cl)cc(Cl)cc2Cl)c2c(Cl)cc(Cl)cc2Cl)c(Cl)c1. The molecule has 0 aliphatic carbocycles. The molecule has 0 aliphatic heterocycles. The first-order chi connectivity index (χ1) is 16.0. The van der Waals surface area contributed by atoms with E-state index in [2.05, 4.69) is 4.57 Å². The lowest BCUT2D eigenvalue weighted by Gasteiger charge is -2.26. The van der Waals surface area contributed by atoms with Crippen molar-refractivity contribution in [1.29, 1.82) is 0 Å². The first-order valence-electron chi connectivity index (χ1n) is 9.92. The highest BCUT2D eigenvalue weighted by atomic mass is 35.5. The number of benzene rings is 3. The molecule has 3 aromatic carbocycles. The number of hydrogen-bond acceptors (Lipinski definition) is 0. The van der Waals surface area contributed by atoms with Crippen molar-refractivity contribution in [3.8, 4) is 5.69 Å². The first kappa shape index (κ1) is 26.3. The van der Waals surface area contributed by atoms with Gasteiger partial charge in [-0.3, -0.25) is 0 Å². The summed E-state index contributed by atoms with van der Waals surface area (Å²) in [7, 11) is 0. The molecule has 0 spiro atoms. The van der Waals surface area contributed by atoms with Gasteiger partial charge in [0.15, 0.2) is 0 Å². The van der Waals surface area contributed by atoms with Gasteiger partial charge in [-0.1, -0.05) is 92.8 Å². The van der Waals surface area contributed by atoms with Crippen LogP contribution in [-0.4, -0.2) is 4.57 Å². The second kappa shape index (κ2) is 10.3. The zero-order chi connectivity index (χ0) is 24.9. The number of nitrogens with zero attached hydrogens (tertiary/aromatic N) is 1. The molecule has 34 heavy (non-hydrogen) atoms. The fraction of sp³-hybridized carbons (Fsp3) is 0.120. The van der Waals surface area contributed by atoms with Gasteiger partial charge in [0, 0.05) is 79.9 Å². The Kier molecular flexibility index (Phi) is 7.99. The van der Waals surface area contributed by atoms with Crippen LogP contribution in [0.1, 0.15) is 34.0 Å². The number of hydrogen-bond donors (Lipinski definition) is 0. The van der Waals surface area contributed by atoms with Crippen LogP contribution in [-0.2, 0) is 0 Å². The topological polar surface area (TPSA) is 4.93 Å². The van der Waals surface area contributed by atoms with E-state index >= 15 is 0 Å². The lowest BCUT2D eigenvalue weighted by Crippen LogP contribution is -2.10. The molecule has 1 aromatic heterocycles. The molecule has 176 valence electrons. The fourth-order valence-electron chi connectivity index (χ4n) is 4.14. The van der Waals surface area contributed by atoms with E-state index in [4.69, 9.17) is 92.8 Å². The van der Waals surface area contributed by atoms with Gasteiger partial charge >= 0.3 is 0 Å². The molecule has 0 bridgehead atoms. The maximum atomic E-state index is 6.90. The molecule has 0 saturated heterocycles. The van der Waals surface area contributed by atoms with Crippen LogP contribution in [0.2, 0.25) is 40.2 Å². The van der Waals surface area contributed by atoms with Gasteiger partial charge in [0.1, 0.15) is 0 Å². The first-order valence-corrected chi connectivity index (χ1v) is 12.9. The van der Waals surface area contributed by atoms with E-state index in [0.29, 0.717) is 56.9 Å². The van der Waals surface area contributed by atoms with E-state index in [1.54, 1.807) is 24.3 Å². The highest BCUT2D eigenvalue weighted by Gasteiger charge is 2.31. The van der Waals surface area contributed by atoms with E-state index in [9.17, 15) is 0 Å². The Labute approximate surface area is 238 Å². The van der Waals surface area contributed by atoms with E-state index in [0.717, 1.165) is 17.1 Å². The normalized spacial score (nSPS) is 11.5. The van der Waals surface area contributed by atoms with Crippen molar-refractivity contribution in [2.45, 2.75) is 19.8 Å². The Hall–Kier alpha value is -0.740. The van der Waals surface area contributed by atoms with Crippen molar-refractivity contribution < 1.29 is 0 Å². The summed E-state index contributed by atoms with van der Waals surface area (Å²) >= 11 is 52.8. The molecular formula is C25H15Cl8N. The largest absolute Gasteiger partial charge is 0.318 e. The standard InChI is InChI=1S/C25H15Cl8N/c1-11-3-4-12(2)34(11)15-9-20(32)24(21(33)10-15)25(22-16(28)5-13(26)6-17(22)29)23-18(30)7-14(27)8-19(23)31/h3-10,25H,1-2H3. The van der Waals surface area contributed by atoms with E-state index in [-0.39, 0.29) is 0 Å². The molecule has 0 radical (unpaired) electrons. The summed E-state index contributed by atoms with van der Waals surface area (Å²) in [6, 6.07) is 14.1. The minimum Gasteiger partial charge on any atom is -0.318 e. The third-order valence-corrected chi connectivity index (χ3v) is 7.86. The summed E-state index contributed by atoms with van der Waals surface area (Å²) in [5, 5.41) is 2.83. The molecule has 4 aromatic rings. The van der Waals surface area contributed by atoms with Crippen LogP contribution in [0, 0.1) is 13.8 Å². The predicted octanol–water partition coefficient (Wildman–Crippen LogP) is 11.5. The smallest absolute Gasteiger partial charge is 0.0484 e. The third-order valence-electron chi connectivity index (χ3n) is 5.55. The highest BCUT2D eigenvalue weighted by Crippen LogP contribution is 2.50. The minimum atomic E-state index is -0.699. The van der Waals surface area contributed by atoms with Crippen LogP contribution >= 0.6 is 92.8 Å². The molecular weight excluding hydrogens is 598 g/mol. The zero-order valence-electron chi connectivity index (χ0n) is 17.7. The molecule has 0 saturated carbocycles. The second-order valence-corrected chi connectivity index (χ2v) is 11.1. The number of aryl methyl sites for hydroxylation is 2. The van der Waals surface area contributed by atoms with Gasteiger partial charge in [-0.2, -0.15) is 0 Å². The van der Waals surface area contributed by atoms with E-state index in [1.165, 1.54) is 0 Å². The van der Waals surface area contributed by atoms with Gasteiger partial charge in [0.25, 0.3) is 0 Å². The molecule has 0 N–H and O–H groups in total. The quantitative estimate of drug-likeness (QED) is 0.202. The maximum Gasteiger partial charge on any atom is 0.0484 e. The summed E-state index contributed by atoms with van der Waals surface area (Å²) in [5.41, 5.74) is 4.49. The van der Waals surface area contributed by atoms with Gasteiger partial charge in [0.05, 0.1) is 0 Å². The predicted molar refractivity (Wildman–Crippen MR) is 149 cm³/mol. The van der Waals surface area contributed by atoms with Crippen molar-refractivity contribution in [1.82, 2.24) is 4.57 Å². The Balaban J connectivity index is 2.05. The molecule has 4 rings (SSSR count). The highest BCUT2D eigenvalue weighted by molar-refractivity contribution is 6.42. The molecule has 1 heterocycles. The molecule has 0 amide bonds. The average molecular weight is 613 g/mol. The van der Waals surface area contributed by atoms with Crippen LogP contribution in [0.4, 0.5) is 0 Å². The summed E-state index contributed by atoms with van der Waals surface area (Å²) in [6.45, 7) is 4.01. The molecule has 0 unspecified atom stereocenters. The van der Waals surface area contributed by atoms with Gasteiger partial charge in [-0.25, -0.2) is 0 Å². The summed E-state index contributed by atoms with van der Waals surface area (Å²) in [4.78, 5) is 0. The summed E-state index contributed by atoms with van der Waals surface area (Å²) in [6.07, 6.45) is 0. The zero-order valence-corrected chi connectivity index (χ0v) is 23.7. The van der Waals surface area contributed by atoms with Gasteiger partial charge < -0.3 is 4.57 Å². The van der Waals surface area contributed by atoms with Crippen LogP contribution in [0.25, 0.3) is 5.69 Å². The molecule has 0 fully saturated rings. The lowest BCUT2D eigenvalue weighted by atomic mass is 9.84. The Morgan fingerprint density at radius 3 is 1.12 bits per heavy atom. The molecule has 1 nitrogen and oxygen atoms in total. The van der Waals surface area contributed by atoms with Crippen molar-refractivity contribution in [2.75, 3.05) is 0 Å². The van der Waals surface area contributed by atoms with Crippen LogP contribution in [0.3, 0.4) is 0 Å². The Morgan fingerprint density at radius 1 is 0.500 bits per heavy atom. The Bertz CT molecular complexity index is 1280. The van der Waals surface area contributed by atoms with Crippen LogP contribution in [0.5, 0.6) is 0 Å². The minimum absolute atomic E-state index is 0.317. The number of aromatic nitrogens is 1. The lowest BCUT2D eigenvalue weighted by molar-refractivity contribution is 0.949. The second-order valence-electron chi connectivity index (χ2n) is 7.77. The average Bonchev–Trinajstić information content (AvgIpc) is 3.03. The Morgan fingerprint density at radius 2 is 0.794 bits per heavy atom. The van der Waals surface area contributed by atoms with Gasteiger partial charge in [0.2, 0.25) is 0 Å². The number of rotatable bonds is 4. The van der Waals surface area contributed by atoms with E-state index < -0.39 is 5.92 Å². The van der Waals surface area contributed by atoms with Crippen molar-refractivity contribution in [3.05, 3.63) is 117 Å². The van der Waals surface area contributed by atoms with Crippen LogP contribution in [0.15, 0.2) is 48.5 Å².